The van der Waals surface area contributed by atoms with Crippen LogP contribution in [0.5, 0.6) is 11.6 Å². The van der Waals surface area contributed by atoms with E-state index in [1.165, 1.54) is 7.11 Å². The molecule has 0 unspecified atom stereocenters. The minimum atomic E-state index is -0.783. The number of likely N-dealkylation sites (tertiary alicyclic amines) is 1. The Bertz CT molecular complexity index is 1870. The maximum atomic E-state index is 15.8. The van der Waals surface area contributed by atoms with Gasteiger partial charge in [-0.2, -0.15) is 0 Å². The van der Waals surface area contributed by atoms with Crippen LogP contribution < -0.4 is 25.4 Å². The number of aliphatic carboxylic acids is 1. The van der Waals surface area contributed by atoms with Crippen molar-refractivity contribution in [3.63, 3.8) is 0 Å². The molecule has 4 N–H and O–H groups in total. The molecule has 3 aromatic heterocycles. The van der Waals surface area contributed by atoms with Crippen molar-refractivity contribution in [1.29, 1.82) is 0 Å². The van der Waals surface area contributed by atoms with Crippen LogP contribution in [0, 0.1) is 11.7 Å². The molecule has 0 radical (unpaired) electrons. The summed E-state index contributed by atoms with van der Waals surface area (Å²) >= 11 is 7.01. The highest BCUT2D eigenvalue weighted by Crippen LogP contribution is 2.42. The first-order valence-corrected chi connectivity index (χ1v) is 16.8. The van der Waals surface area contributed by atoms with E-state index in [4.69, 9.17) is 26.1 Å². The number of hydrogen-bond acceptors (Lipinski definition) is 10. The predicted molar refractivity (Wildman–Crippen MR) is 187 cm³/mol. The number of anilines is 2. The van der Waals surface area contributed by atoms with E-state index in [9.17, 15) is 14.7 Å². The molecule has 262 valence electrons. The third-order valence-corrected chi connectivity index (χ3v) is 9.50. The summed E-state index contributed by atoms with van der Waals surface area (Å²) in [4.78, 5) is 38.5. The lowest BCUT2D eigenvalue weighted by atomic mass is 9.97. The first-order chi connectivity index (χ1) is 24.2. The number of benzene rings is 1. The van der Waals surface area contributed by atoms with Gasteiger partial charge in [-0.3, -0.25) is 19.5 Å². The van der Waals surface area contributed by atoms with E-state index in [1.54, 1.807) is 43.8 Å². The van der Waals surface area contributed by atoms with Gasteiger partial charge in [0.2, 0.25) is 11.8 Å². The smallest absolute Gasteiger partial charge is 0.306 e. The summed E-state index contributed by atoms with van der Waals surface area (Å²) in [5.74, 6) is -0.686. The minimum absolute atomic E-state index is 0.0325. The lowest BCUT2D eigenvalue weighted by Gasteiger charge is -2.30. The number of nitrogens with one attached hydrogen (secondary N) is 3. The Hall–Kier alpha value is -4.85. The Morgan fingerprint density at radius 2 is 1.84 bits per heavy atom. The number of pyridine rings is 3. The van der Waals surface area contributed by atoms with E-state index in [-0.39, 0.29) is 23.7 Å². The molecule has 0 saturated carbocycles. The Kier molecular flexibility index (Phi) is 11.1. The molecule has 2 fully saturated rings. The van der Waals surface area contributed by atoms with Crippen LogP contribution in [0.2, 0.25) is 5.02 Å². The van der Waals surface area contributed by atoms with E-state index >= 15 is 4.39 Å². The molecule has 0 spiro atoms. The number of ether oxygens (including phenoxy) is 2. The molecule has 2 aliphatic heterocycles. The zero-order chi connectivity index (χ0) is 35.2. The van der Waals surface area contributed by atoms with Gasteiger partial charge in [-0.1, -0.05) is 23.7 Å². The number of aromatic nitrogens is 3. The second kappa shape index (κ2) is 15.8. The number of hydrogen-bond donors (Lipinski definition) is 4. The van der Waals surface area contributed by atoms with E-state index in [2.05, 4.69) is 30.8 Å². The topological polar surface area (TPSA) is 151 Å². The lowest BCUT2D eigenvalue weighted by Crippen LogP contribution is -2.36. The van der Waals surface area contributed by atoms with Gasteiger partial charge in [-0.15, -0.1) is 0 Å². The molecule has 2 aliphatic rings. The molecule has 5 heterocycles. The van der Waals surface area contributed by atoms with Crippen molar-refractivity contribution in [2.24, 2.45) is 5.92 Å². The van der Waals surface area contributed by atoms with Gasteiger partial charge < -0.3 is 30.5 Å². The summed E-state index contributed by atoms with van der Waals surface area (Å²) in [6, 6.07) is 12.7. The van der Waals surface area contributed by atoms with Gasteiger partial charge in [0.25, 0.3) is 0 Å². The number of halogens is 2. The molecule has 2 saturated heterocycles. The molecule has 12 nitrogen and oxygen atoms in total. The summed E-state index contributed by atoms with van der Waals surface area (Å²) in [6.45, 7) is 2.66. The maximum Gasteiger partial charge on any atom is 0.306 e. The molecule has 0 aliphatic carbocycles. The Morgan fingerprint density at radius 1 is 1.04 bits per heavy atom. The first-order valence-electron chi connectivity index (χ1n) is 16.5. The SMILES string of the molecule is COc1nc(-c2ccnc(-c3cccc(Nc4nccc(CN5CCC(C(=O)O)CC5)c4F)c3OC)c2Cl)ccc1CNC[C@@H]1CCC(=O)N1. The van der Waals surface area contributed by atoms with Crippen molar-refractivity contribution < 1.29 is 28.6 Å². The van der Waals surface area contributed by atoms with Gasteiger partial charge in [0.05, 0.1) is 42.2 Å². The van der Waals surface area contributed by atoms with Gasteiger partial charge in [-0.05, 0) is 62.7 Å². The molecular formula is C36H39ClFN7O5. The predicted octanol–water partition coefficient (Wildman–Crippen LogP) is 5.42. The van der Waals surface area contributed by atoms with Gasteiger partial charge >= 0.3 is 5.97 Å². The number of carbonyl (C=O) groups excluding carboxylic acids is 1. The zero-order valence-electron chi connectivity index (χ0n) is 27.8. The Balaban J connectivity index is 1.21. The third-order valence-electron chi connectivity index (χ3n) is 9.12. The highest BCUT2D eigenvalue weighted by molar-refractivity contribution is 6.35. The molecule has 6 rings (SSSR count). The summed E-state index contributed by atoms with van der Waals surface area (Å²) < 4.78 is 27.2. The fourth-order valence-electron chi connectivity index (χ4n) is 6.41. The van der Waals surface area contributed by atoms with E-state index in [1.807, 2.05) is 18.2 Å². The third kappa shape index (κ3) is 7.80. The number of para-hydroxylation sites is 1. The molecular weight excluding hydrogens is 665 g/mol. The molecule has 1 aromatic carbocycles. The molecule has 1 atom stereocenters. The van der Waals surface area contributed by atoms with Crippen molar-refractivity contribution in [1.82, 2.24) is 30.5 Å². The summed E-state index contributed by atoms with van der Waals surface area (Å²) in [7, 11) is 3.08. The van der Waals surface area contributed by atoms with Crippen LogP contribution in [0.25, 0.3) is 22.5 Å². The second-order valence-electron chi connectivity index (χ2n) is 12.4. The van der Waals surface area contributed by atoms with Crippen molar-refractivity contribution >= 4 is 35.0 Å². The Labute approximate surface area is 294 Å². The second-order valence-corrected chi connectivity index (χ2v) is 12.7. The molecule has 0 bridgehead atoms. The fourth-order valence-corrected chi connectivity index (χ4v) is 6.72. The van der Waals surface area contributed by atoms with Crippen LogP contribution in [-0.2, 0) is 22.7 Å². The van der Waals surface area contributed by atoms with Crippen LogP contribution in [0.15, 0.2) is 54.9 Å². The minimum Gasteiger partial charge on any atom is -0.494 e. The Morgan fingerprint density at radius 3 is 2.56 bits per heavy atom. The molecule has 4 aromatic rings. The average Bonchev–Trinajstić information content (AvgIpc) is 3.54. The number of piperidine rings is 1. The monoisotopic (exact) mass is 703 g/mol. The van der Waals surface area contributed by atoms with Crippen molar-refractivity contribution in [3.05, 3.63) is 76.8 Å². The van der Waals surface area contributed by atoms with Gasteiger partial charge in [-0.25, -0.2) is 14.4 Å². The first kappa shape index (κ1) is 35.0. The quantitative estimate of drug-likeness (QED) is 0.141. The van der Waals surface area contributed by atoms with Crippen LogP contribution >= 0.6 is 11.6 Å². The summed E-state index contributed by atoms with van der Waals surface area (Å²) in [6.07, 6.45) is 5.61. The molecule has 50 heavy (non-hydrogen) atoms. The highest BCUT2D eigenvalue weighted by Gasteiger charge is 2.26. The summed E-state index contributed by atoms with van der Waals surface area (Å²) in [5, 5.41) is 19.1. The number of amides is 1. The average molecular weight is 704 g/mol. The zero-order valence-corrected chi connectivity index (χ0v) is 28.6. The van der Waals surface area contributed by atoms with Crippen molar-refractivity contribution in [3.8, 4) is 34.1 Å². The van der Waals surface area contributed by atoms with E-state index in [0.717, 1.165) is 12.0 Å². The normalized spacial score (nSPS) is 16.6. The standard InChI is InChI=1S/C36H39ClFN7O5/c1-49-33-26(4-3-5-28(33)43-34-31(38)23(10-14-41-34)20-45-16-12-21(13-17-45)36(47)48)32-30(37)25(11-15-40-32)27-8-6-22(35(44-27)50-2)18-39-19-24-7-9-29(46)42-24/h3-6,8,10-11,14-15,21,24,39H,7,9,12-13,16-20H2,1-2H3,(H,41,43)(H,42,46)(H,47,48)/t24-/m0/s1. The number of methoxy groups -OCH3 is 2. The maximum absolute atomic E-state index is 15.8. The van der Waals surface area contributed by atoms with Crippen LogP contribution in [0.1, 0.15) is 36.8 Å². The van der Waals surface area contributed by atoms with Gasteiger partial charge in [0, 0.05) is 66.7 Å². The van der Waals surface area contributed by atoms with E-state index in [0.29, 0.717) is 102 Å². The largest absolute Gasteiger partial charge is 0.494 e. The van der Waals surface area contributed by atoms with E-state index < -0.39 is 11.8 Å². The van der Waals surface area contributed by atoms with Gasteiger partial charge in [0.15, 0.2) is 17.4 Å². The summed E-state index contributed by atoms with van der Waals surface area (Å²) in [5.41, 5.74) is 4.03. The van der Waals surface area contributed by atoms with Crippen molar-refractivity contribution in [2.75, 3.05) is 39.2 Å². The van der Waals surface area contributed by atoms with Gasteiger partial charge in [0.1, 0.15) is 0 Å². The number of rotatable bonds is 13. The number of carboxylic acid groups (broad SMARTS) is 1. The van der Waals surface area contributed by atoms with Crippen LogP contribution in [0.4, 0.5) is 15.9 Å². The van der Waals surface area contributed by atoms with Crippen LogP contribution in [-0.4, -0.2) is 76.7 Å². The molecule has 1 amide bonds. The molecule has 14 heteroatoms. The van der Waals surface area contributed by atoms with Crippen LogP contribution in [0.3, 0.4) is 0 Å². The number of carbonyl (C=O) groups is 2. The number of carboxylic acids is 1. The van der Waals surface area contributed by atoms with Crippen molar-refractivity contribution in [2.45, 2.75) is 44.8 Å². The fraction of sp³-hybridized carbons (Fsp3) is 0.361. The highest BCUT2D eigenvalue weighted by atomic mass is 35.5. The number of nitrogens with zero attached hydrogens (tertiary/aromatic N) is 4. The lowest BCUT2D eigenvalue weighted by molar-refractivity contribution is -0.143.